The maximum Gasteiger partial charge on any atom is 0.211 e. The van der Waals surface area contributed by atoms with Crippen molar-refractivity contribution in [1.82, 2.24) is 9.62 Å². The van der Waals surface area contributed by atoms with Gasteiger partial charge in [0.05, 0.1) is 6.26 Å². The number of hydrogen-bond acceptors (Lipinski definition) is 4. The quantitative estimate of drug-likeness (QED) is 0.906. The first-order chi connectivity index (χ1) is 8.97. The summed E-state index contributed by atoms with van der Waals surface area (Å²) in [7, 11) is -3.03. The predicted molar refractivity (Wildman–Crippen MR) is 79.9 cm³/mol. The van der Waals surface area contributed by atoms with Gasteiger partial charge in [0.1, 0.15) is 0 Å². The Morgan fingerprint density at radius 3 is 3.00 bits per heavy atom. The second-order valence-electron chi connectivity index (χ2n) is 5.32. The van der Waals surface area contributed by atoms with E-state index in [1.165, 1.54) is 11.8 Å². The Morgan fingerprint density at radius 2 is 2.37 bits per heavy atom. The summed E-state index contributed by atoms with van der Waals surface area (Å²) < 4.78 is 24.7. The van der Waals surface area contributed by atoms with E-state index in [1.807, 2.05) is 0 Å². The first-order valence-electron chi connectivity index (χ1n) is 6.67. The zero-order valence-corrected chi connectivity index (χ0v) is 13.1. The van der Waals surface area contributed by atoms with Gasteiger partial charge in [-0.1, -0.05) is 0 Å². The van der Waals surface area contributed by atoms with Crippen molar-refractivity contribution in [3.05, 3.63) is 22.4 Å². The molecule has 2 atom stereocenters. The van der Waals surface area contributed by atoms with Crippen LogP contribution in [0.5, 0.6) is 0 Å². The number of hydrogen-bond donors (Lipinski definition) is 1. The molecule has 2 unspecified atom stereocenters. The monoisotopic (exact) mass is 302 g/mol. The van der Waals surface area contributed by atoms with E-state index in [0.717, 1.165) is 19.4 Å². The van der Waals surface area contributed by atoms with Crippen LogP contribution in [0.2, 0.25) is 0 Å². The SMILES string of the molecule is CC(NCC1CCCN(S(C)(=O)=O)C1)c1ccsc1. The molecule has 0 bridgehead atoms. The van der Waals surface area contributed by atoms with Crippen molar-refractivity contribution in [2.45, 2.75) is 25.8 Å². The maximum atomic E-state index is 11.6. The lowest BCUT2D eigenvalue weighted by Crippen LogP contribution is -2.42. The Labute approximate surface area is 119 Å². The molecule has 19 heavy (non-hydrogen) atoms. The number of rotatable bonds is 5. The smallest absolute Gasteiger partial charge is 0.211 e. The van der Waals surface area contributed by atoms with Crippen LogP contribution in [0.15, 0.2) is 16.8 Å². The van der Waals surface area contributed by atoms with Crippen LogP contribution in [0.3, 0.4) is 0 Å². The molecule has 0 amide bonds. The third-order valence-corrected chi connectivity index (χ3v) is 5.68. The first kappa shape index (κ1) is 15.0. The highest BCUT2D eigenvalue weighted by atomic mass is 32.2. The fourth-order valence-electron chi connectivity index (χ4n) is 2.48. The molecule has 1 N–H and O–H groups in total. The molecule has 0 aliphatic carbocycles. The first-order valence-corrected chi connectivity index (χ1v) is 9.46. The Hall–Kier alpha value is -0.430. The number of sulfonamides is 1. The third kappa shape index (κ3) is 4.27. The summed E-state index contributed by atoms with van der Waals surface area (Å²) in [5.41, 5.74) is 1.31. The average Bonchev–Trinajstić information content (AvgIpc) is 2.89. The van der Waals surface area contributed by atoms with Crippen molar-refractivity contribution in [2.75, 3.05) is 25.9 Å². The van der Waals surface area contributed by atoms with Crippen molar-refractivity contribution in [2.24, 2.45) is 5.92 Å². The summed E-state index contributed by atoms with van der Waals surface area (Å²) in [4.78, 5) is 0. The van der Waals surface area contributed by atoms with Crippen LogP contribution in [0, 0.1) is 5.92 Å². The lowest BCUT2D eigenvalue weighted by atomic mass is 9.99. The van der Waals surface area contributed by atoms with Gasteiger partial charge < -0.3 is 5.32 Å². The molecule has 1 aliphatic rings. The summed E-state index contributed by atoms with van der Waals surface area (Å²) in [6.45, 7) is 4.36. The molecule has 1 saturated heterocycles. The summed E-state index contributed by atoms with van der Waals surface area (Å²) in [6.07, 6.45) is 3.37. The summed E-state index contributed by atoms with van der Waals surface area (Å²) in [5.74, 6) is 0.421. The van der Waals surface area contributed by atoms with E-state index in [2.05, 4.69) is 29.1 Å². The van der Waals surface area contributed by atoms with Gasteiger partial charge in [-0.3, -0.25) is 0 Å². The standard InChI is InChI=1S/C13H22N2O2S2/c1-11(13-5-7-18-10-13)14-8-12-4-3-6-15(9-12)19(2,16)17/h5,7,10-12,14H,3-4,6,8-9H2,1-2H3. The molecular formula is C13H22N2O2S2. The van der Waals surface area contributed by atoms with Crippen LogP contribution in [0.1, 0.15) is 31.4 Å². The number of nitrogens with one attached hydrogen (secondary N) is 1. The zero-order chi connectivity index (χ0) is 13.9. The van der Waals surface area contributed by atoms with Crippen LogP contribution < -0.4 is 5.32 Å². The molecule has 1 aliphatic heterocycles. The molecule has 2 heterocycles. The highest BCUT2D eigenvalue weighted by Crippen LogP contribution is 2.20. The predicted octanol–water partition coefficient (Wildman–Crippen LogP) is 2.07. The molecule has 1 fully saturated rings. The molecule has 1 aromatic heterocycles. The Bertz CT molecular complexity index is 485. The van der Waals surface area contributed by atoms with Gasteiger partial charge in [0.15, 0.2) is 0 Å². The minimum Gasteiger partial charge on any atom is -0.310 e. The Morgan fingerprint density at radius 1 is 1.58 bits per heavy atom. The fourth-order valence-corrected chi connectivity index (χ4v) is 4.17. The van der Waals surface area contributed by atoms with Crippen LogP contribution in [0.4, 0.5) is 0 Å². The van der Waals surface area contributed by atoms with E-state index in [-0.39, 0.29) is 0 Å². The van der Waals surface area contributed by atoms with Gasteiger partial charge in [-0.25, -0.2) is 12.7 Å². The van der Waals surface area contributed by atoms with Gasteiger partial charge in [-0.05, 0) is 54.6 Å². The molecule has 0 aromatic carbocycles. The molecule has 108 valence electrons. The number of piperidine rings is 1. The van der Waals surface area contributed by atoms with Crippen molar-refractivity contribution in [3.63, 3.8) is 0 Å². The molecule has 4 nitrogen and oxygen atoms in total. The molecular weight excluding hydrogens is 280 g/mol. The van der Waals surface area contributed by atoms with Crippen LogP contribution >= 0.6 is 11.3 Å². The van der Waals surface area contributed by atoms with E-state index in [1.54, 1.807) is 15.6 Å². The van der Waals surface area contributed by atoms with E-state index in [4.69, 9.17) is 0 Å². The highest BCUT2D eigenvalue weighted by Gasteiger charge is 2.25. The van der Waals surface area contributed by atoms with Gasteiger partial charge in [0.25, 0.3) is 0 Å². The number of nitrogens with zero attached hydrogens (tertiary/aromatic N) is 1. The molecule has 1 aromatic rings. The zero-order valence-electron chi connectivity index (χ0n) is 11.5. The largest absolute Gasteiger partial charge is 0.310 e. The second-order valence-corrected chi connectivity index (χ2v) is 8.08. The minimum atomic E-state index is -3.03. The Balaban J connectivity index is 1.83. The van der Waals surface area contributed by atoms with Gasteiger partial charge >= 0.3 is 0 Å². The maximum absolute atomic E-state index is 11.6. The van der Waals surface area contributed by atoms with Gasteiger partial charge in [0.2, 0.25) is 10.0 Å². The van der Waals surface area contributed by atoms with Gasteiger partial charge in [0, 0.05) is 19.1 Å². The molecule has 6 heteroatoms. The summed E-state index contributed by atoms with van der Waals surface area (Å²) >= 11 is 1.71. The second kappa shape index (κ2) is 6.35. The summed E-state index contributed by atoms with van der Waals surface area (Å²) in [5, 5.41) is 7.75. The van der Waals surface area contributed by atoms with Crippen molar-refractivity contribution < 1.29 is 8.42 Å². The van der Waals surface area contributed by atoms with Crippen molar-refractivity contribution in [1.29, 1.82) is 0 Å². The minimum absolute atomic E-state index is 0.333. The highest BCUT2D eigenvalue weighted by molar-refractivity contribution is 7.88. The van der Waals surface area contributed by atoms with Gasteiger partial charge in [-0.2, -0.15) is 11.3 Å². The molecule has 0 spiro atoms. The number of thiophene rings is 1. The third-order valence-electron chi connectivity index (χ3n) is 3.71. The average molecular weight is 302 g/mol. The van der Waals surface area contributed by atoms with E-state index in [9.17, 15) is 8.42 Å². The van der Waals surface area contributed by atoms with Crippen LogP contribution in [-0.2, 0) is 10.0 Å². The molecule has 2 rings (SSSR count). The lowest BCUT2D eigenvalue weighted by Gasteiger charge is -2.31. The fraction of sp³-hybridized carbons (Fsp3) is 0.692. The van der Waals surface area contributed by atoms with E-state index < -0.39 is 10.0 Å². The molecule has 0 saturated carbocycles. The van der Waals surface area contributed by atoms with E-state index in [0.29, 0.717) is 25.0 Å². The van der Waals surface area contributed by atoms with Crippen molar-refractivity contribution in [3.8, 4) is 0 Å². The Kier molecular flexibility index (Phi) is 5.00. The van der Waals surface area contributed by atoms with Crippen LogP contribution in [0.25, 0.3) is 0 Å². The lowest BCUT2D eigenvalue weighted by molar-refractivity contribution is 0.257. The van der Waals surface area contributed by atoms with Crippen molar-refractivity contribution >= 4 is 21.4 Å². The van der Waals surface area contributed by atoms with E-state index >= 15 is 0 Å². The van der Waals surface area contributed by atoms with Gasteiger partial charge in [-0.15, -0.1) is 0 Å². The topological polar surface area (TPSA) is 49.4 Å². The normalized spacial score (nSPS) is 23.4. The van der Waals surface area contributed by atoms with Crippen LogP contribution in [-0.4, -0.2) is 38.6 Å². The molecule has 0 radical (unpaired) electrons. The summed E-state index contributed by atoms with van der Waals surface area (Å²) in [6, 6.07) is 2.46.